The number of amides is 2. The Morgan fingerprint density at radius 2 is 1.96 bits per heavy atom. The van der Waals surface area contributed by atoms with Crippen LogP contribution >= 0.6 is 11.6 Å². The van der Waals surface area contributed by atoms with Crippen molar-refractivity contribution in [1.29, 1.82) is 0 Å². The first-order valence-electron chi connectivity index (χ1n) is 8.05. The van der Waals surface area contributed by atoms with Crippen LogP contribution in [0.1, 0.15) is 32.6 Å². The van der Waals surface area contributed by atoms with E-state index >= 15 is 0 Å². The van der Waals surface area contributed by atoms with E-state index in [1.807, 2.05) is 43.0 Å². The number of aliphatic hydroxyl groups is 1. The fourth-order valence-electron chi connectivity index (χ4n) is 3.97. The molecule has 2 bridgehead atoms. The lowest BCUT2D eigenvalue weighted by Gasteiger charge is -2.42. The summed E-state index contributed by atoms with van der Waals surface area (Å²) in [6.45, 7) is 1.87. The summed E-state index contributed by atoms with van der Waals surface area (Å²) < 4.78 is 0. The van der Waals surface area contributed by atoms with Gasteiger partial charge in [-0.2, -0.15) is 0 Å². The van der Waals surface area contributed by atoms with Gasteiger partial charge in [0.2, 0.25) is 0 Å². The Hall–Kier alpha value is -1.46. The maximum atomic E-state index is 12.8. The number of urea groups is 1. The van der Waals surface area contributed by atoms with Crippen LogP contribution in [0.4, 0.5) is 16.2 Å². The largest absolute Gasteiger partial charge is 0.390 e. The second-order valence-electron chi connectivity index (χ2n) is 7.18. The summed E-state index contributed by atoms with van der Waals surface area (Å²) in [4.78, 5) is 16.7. The molecule has 0 saturated carbocycles. The second-order valence-corrected chi connectivity index (χ2v) is 7.62. The average molecular weight is 338 g/mol. The smallest absolute Gasteiger partial charge is 0.322 e. The number of carbonyl (C=O) groups excluding carboxylic acids is 1. The van der Waals surface area contributed by atoms with Gasteiger partial charge in [-0.1, -0.05) is 11.6 Å². The second kappa shape index (κ2) is 5.87. The average Bonchev–Trinajstić information content (AvgIpc) is 2.71. The Morgan fingerprint density at radius 3 is 2.52 bits per heavy atom. The minimum Gasteiger partial charge on any atom is -0.390 e. The highest BCUT2D eigenvalue weighted by molar-refractivity contribution is 6.31. The van der Waals surface area contributed by atoms with Crippen LogP contribution in [-0.2, 0) is 0 Å². The molecule has 2 fully saturated rings. The lowest BCUT2D eigenvalue weighted by molar-refractivity contribution is -0.0224. The van der Waals surface area contributed by atoms with E-state index in [1.165, 1.54) is 0 Å². The number of halogens is 1. The maximum absolute atomic E-state index is 12.8. The number of hydrogen-bond donors (Lipinski definition) is 2. The number of rotatable bonds is 2. The molecule has 2 heterocycles. The van der Waals surface area contributed by atoms with E-state index in [2.05, 4.69) is 5.32 Å². The van der Waals surface area contributed by atoms with Crippen molar-refractivity contribution in [3.8, 4) is 0 Å². The molecule has 2 N–H and O–H groups in total. The topological polar surface area (TPSA) is 55.8 Å². The molecule has 126 valence electrons. The van der Waals surface area contributed by atoms with Crippen LogP contribution in [0, 0.1) is 0 Å². The van der Waals surface area contributed by atoms with Crippen molar-refractivity contribution in [3.63, 3.8) is 0 Å². The van der Waals surface area contributed by atoms with E-state index < -0.39 is 5.60 Å². The fourth-order valence-corrected chi connectivity index (χ4v) is 4.14. The van der Waals surface area contributed by atoms with E-state index in [0.29, 0.717) is 23.6 Å². The summed E-state index contributed by atoms with van der Waals surface area (Å²) in [5, 5.41) is 13.9. The number of nitrogens with zero attached hydrogens (tertiary/aromatic N) is 2. The number of nitrogens with one attached hydrogen (secondary N) is 1. The molecule has 0 aromatic heterocycles. The molecular formula is C17H24ClN3O2. The van der Waals surface area contributed by atoms with Crippen molar-refractivity contribution in [1.82, 2.24) is 4.90 Å². The first kappa shape index (κ1) is 16.4. The Morgan fingerprint density at radius 1 is 1.35 bits per heavy atom. The monoisotopic (exact) mass is 337 g/mol. The summed E-state index contributed by atoms with van der Waals surface area (Å²) in [7, 11) is 3.86. The number of piperidine rings is 1. The van der Waals surface area contributed by atoms with E-state index in [0.717, 1.165) is 18.5 Å². The highest BCUT2D eigenvalue weighted by Gasteiger charge is 2.47. The van der Waals surface area contributed by atoms with Crippen molar-refractivity contribution in [2.24, 2.45) is 0 Å². The van der Waals surface area contributed by atoms with Crippen molar-refractivity contribution in [2.45, 2.75) is 50.3 Å². The molecule has 23 heavy (non-hydrogen) atoms. The van der Waals surface area contributed by atoms with Gasteiger partial charge in [-0.05, 0) is 50.8 Å². The highest BCUT2D eigenvalue weighted by Crippen LogP contribution is 2.41. The molecular weight excluding hydrogens is 314 g/mol. The summed E-state index contributed by atoms with van der Waals surface area (Å²) >= 11 is 6.08. The van der Waals surface area contributed by atoms with Crippen LogP contribution in [0.25, 0.3) is 0 Å². The fraction of sp³-hybridized carbons (Fsp3) is 0.588. The van der Waals surface area contributed by atoms with Gasteiger partial charge < -0.3 is 20.2 Å². The molecule has 5 nitrogen and oxygen atoms in total. The van der Waals surface area contributed by atoms with Crippen molar-refractivity contribution in [3.05, 3.63) is 23.2 Å². The minimum absolute atomic E-state index is 0.0987. The van der Waals surface area contributed by atoms with Gasteiger partial charge >= 0.3 is 6.03 Å². The van der Waals surface area contributed by atoms with E-state index in [1.54, 1.807) is 6.07 Å². The summed E-state index contributed by atoms with van der Waals surface area (Å²) in [6, 6.07) is 5.62. The van der Waals surface area contributed by atoms with Gasteiger partial charge in [0.05, 0.1) is 17.0 Å². The molecule has 2 aliphatic rings. The molecule has 0 spiro atoms. The molecule has 2 aliphatic heterocycles. The number of hydrogen-bond acceptors (Lipinski definition) is 3. The van der Waals surface area contributed by atoms with E-state index in [4.69, 9.17) is 11.6 Å². The highest BCUT2D eigenvalue weighted by atomic mass is 35.5. The third kappa shape index (κ3) is 3.26. The minimum atomic E-state index is -0.659. The van der Waals surface area contributed by atoms with Crippen LogP contribution in [0.15, 0.2) is 18.2 Å². The summed E-state index contributed by atoms with van der Waals surface area (Å²) in [6.07, 6.45) is 3.22. The van der Waals surface area contributed by atoms with Crippen molar-refractivity contribution >= 4 is 29.0 Å². The molecule has 0 radical (unpaired) electrons. The van der Waals surface area contributed by atoms with E-state index in [9.17, 15) is 9.90 Å². The molecule has 1 aromatic carbocycles. The lowest BCUT2D eigenvalue weighted by atomic mass is 9.88. The van der Waals surface area contributed by atoms with Crippen LogP contribution < -0.4 is 10.2 Å². The summed E-state index contributed by atoms with van der Waals surface area (Å²) in [5.41, 5.74) is 0.969. The molecule has 6 heteroatoms. The van der Waals surface area contributed by atoms with Gasteiger partial charge in [0.1, 0.15) is 0 Å². The van der Waals surface area contributed by atoms with Gasteiger partial charge in [0.25, 0.3) is 0 Å². The zero-order valence-corrected chi connectivity index (χ0v) is 14.6. The number of carbonyl (C=O) groups is 1. The van der Waals surface area contributed by atoms with Gasteiger partial charge in [0, 0.05) is 31.2 Å². The number of anilines is 2. The first-order valence-corrected chi connectivity index (χ1v) is 8.43. The third-order valence-electron chi connectivity index (χ3n) is 4.89. The SMILES string of the molecule is CN(C)c1ccc(Cl)cc1NC(=O)N1C2CCC1CC(C)(O)C2. The molecule has 2 amide bonds. The molecule has 2 saturated heterocycles. The van der Waals surface area contributed by atoms with Gasteiger partial charge in [0.15, 0.2) is 0 Å². The molecule has 2 atom stereocenters. The Balaban J connectivity index is 1.80. The normalized spacial score (nSPS) is 29.5. The summed E-state index contributed by atoms with van der Waals surface area (Å²) in [5.74, 6) is 0. The quantitative estimate of drug-likeness (QED) is 0.870. The first-order chi connectivity index (χ1) is 10.8. The molecule has 3 rings (SSSR count). The van der Waals surface area contributed by atoms with Crippen molar-refractivity contribution < 1.29 is 9.90 Å². The number of fused-ring (bicyclic) bond motifs is 2. The Labute approximate surface area is 142 Å². The lowest BCUT2D eigenvalue weighted by Crippen LogP contribution is -2.53. The maximum Gasteiger partial charge on any atom is 0.322 e. The van der Waals surface area contributed by atoms with Gasteiger partial charge in [-0.3, -0.25) is 0 Å². The van der Waals surface area contributed by atoms with Crippen molar-refractivity contribution in [2.75, 3.05) is 24.3 Å². The van der Waals surface area contributed by atoms with Gasteiger partial charge in [-0.25, -0.2) is 4.79 Å². The molecule has 1 aromatic rings. The predicted octanol–water partition coefficient (Wildman–Crippen LogP) is 3.32. The van der Waals surface area contributed by atoms with Crippen LogP contribution in [0.2, 0.25) is 5.02 Å². The van der Waals surface area contributed by atoms with Crippen LogP contribution in [-0.4, -0.2) is 47.8 Å². The standard InChI is InChI=1S/C17H24ClN3O2/c1-17(23)9-12-5-6-13(10-17)21(12)16(22)19-14-8-11(18)4-7-15(14)20(2)3/h4,7-8,12-13,23H,5-6,9-10H2,1-3H3,(H,19,22). The van der Waals surface area contributed by atoms with E-state index in [-0.39, 0.29) is 18.1 Å². The third-order valence-corrected chi connectivity index (χ3v) is 5.12. The Kier molecular flexibility index (Phi) is 4.19. The molecule has 0 aliphatic carbocycles. The zero-order chi connectivity index (χ0) is 16.8. The molecule has 2 unspecified atom stereocenters. The number of benzene rings is 1. The van der Waals surface area contributed by atoms with Gasteiger partial charge in [-0.15, -0.1) is 0 Å². The Bertz CT molecular complexity index is 602. The van der Waals surface area contributed by atoms with Crippen LogP contribution in [0.5, 0.6) is 0 Å². The van der Waals surface area contributed by atoms with Crippen LogP contribution in [0.3, 0.4) is 0 Å². The predicted molar refractivity (Wildman–Crippen MR) is 93.3 cm³/mol. The zero-order valence-electron chi connectivity index (χ0n) is 13.8.